The number of aliphatic hydroxyl groups is 1. The fourth-order valence-corrected chi connectivity index (χ4v) is 5.67. The predicted molar refractivity (Wildman–Crippen MR) is 126 cm³/mol. The standard InChI is InChI=1S/C25H27N7O4/c1-16-17(5-6-18-19(16)14-36-24(18)35)21(33)13-30-10-7-25(8-11-30)9-12-31(25)23(34)20-3-2-4-22(27-20)32-15-26-28-29-32/h2-6,15,21,33H,7-14H2,1H3/t21-/m0/s1. The van der Waals surface area contributed by atoms with E-state index in [9.17, 15) is 14.7 Å². The molecule has 6 rings (SSSR count). The van der Waals surface area contributed by atoms with Gasteiger partial charge in [-0.05, 0) is 65.9 Å². The summed E-state index contributed by atoms with van der Waals surface area (Å²) in [6.45, 7) is 5.02. The first kappa shape index (κ1) is 22.7. The molecule has 1 spiro atoms. The molecule has 1 aromatic carbocycles. The van der Waals surface area contributed by atoms with E-state index in [1.165, 1.54) is 11.0 Å². The normalized spacial score (nSPS) is 19.6. The number of fused-ring (bicyclic) bond motifs is 1. The molecule has 0 unspecified atom stereocenters. The van der Waals surface area contributed by atoms with Crippen LogP contribution in [0, 0.1) is 6.92 Å². The molecule has 0 bridgehead atoms. The average Bonchev–Trinajstić information content (AvgIpc) is 3.55. The molecule has 11 nitrogen and oxygen atoms in total. The first-order valence-electron chi connectivity index (χ1n) is 12.2. The Labute approximate surface area is 207 Å². The molecule has 1 N–H and O–H groups in total. The third kappa shape index (κ3) is 3.75. The summed E-state index contributed by atoms with van der Waals surface area (Å²) in [6.07, 6.45) is 3.47. The second kappa shape index (κ2) is 8.75. The maximum Gasteiger partial charge on any atom is 0.338 e. The molecule has 2 aromatic heterocycles. The number of benzene rings is 1. The van der Waals surface area contributed by atoms with Crippen molar-refractivity contribution in [2.24, 2.45) is 0 Å². The number of piperidine rings is 1. The Balaban J connectivity index is 1.10. The Hall–Kier alpha value is -3.70. The van der Waals surface area contributed by atoms with E-state index in [-0.39, 0.29) is 24.0 Å². The van der Waals surface area contributed by atoms with E-state index in [2.05, 4.69) is 25.4 Å². The quantitative estimate of drug-likeness (QED) is 0.530. The summed E-state index contributed by atoms with van der Waals surface area (Å²) < 4.78 is 6.57. The number of likely N-dealkylation sites (tertiary alicyclic amines) is 2. The van der Waals surface area contributed by atoms with Crippen molar-refractivity contribution >= 4 is 11.9 Å². The minimum Gasteiger partial charge on any atom is -0.457 e. The van der Waals surface area contributed by atoms with E-state index < -0.39 is 6.10 Å². The fraction of sp³-hybridized carbons (Fsp3) is 0.440. The molecule has 2 fully saturated rings. The number of ether oxygens (including phenoxy) is 1. The van der Waals surface area contributed by atoms with Gasteiger partial charge in [-0.2, -0.15) is 4.68 Å². The second-order valence-electron chi connectivity index (χ2n) is 9.76. The van der Waals surface area contributed by atoms with Crippen LogP contribution in [0.5, 0.6) is 0 Å². The molecule has 5 heterocycles. The smallest absolute Gasteiger partial charge is 0.338 e. The molecule has 186 valence electrons. The molecule has 0 saturated carbocycles. The van der Waals surface area contributed by atoms with Crippen LogP contribution in [0.2, 0.25) is 0 Å². The van der Waals surface area contributed by atoms with Crippen LogP contribution in [0.25, 0.3) is 5.82 Å². The summed E-state index contributed by atoms with van der Waals surface area (Å²) in [7, 11) is 0. The SMILES string of the molecule is Cc1c([C@@H](O)CN2CCC3(CC2)CCN3C(=O)c2cccc(-n3cnnn3)n2)ccc2c1COC2=O. The van der Waals surface area contributed by atoms with Gasteiger partial charge in [-0.25, -0.2) is 9.78 Å². The predicted octanol–water partition coefficient (Wildman–Crippen LogP) is 1.45. The van der Waals surface area contributed by atoms with Crippen LogP contribution in [0.3, 0.4) is 0 Å². The Bertz CT molecular complexity index is 1320. The van der Waals surface area contributed by atoms with Crippen LogP contribution >= 0.6 is 0 Å². The zero-order valence-corrected chi connectivity index (χ0v) is 20.0. The zero-order chi connectivity index (χ0) is 24.9. The molecule has 3 aliphatic heterocycles. The zero-order valence-electron chi connectivity index (χ0n) is 20.0. The molecule has 3 aliphatic rings. The monoisotopic (exact) mass is 489 g/mol. The number of carbonyl (C=O) groups is 2. The number of nitrogens with zero attached hydrogens (tertiary/aromatic N) is 7. The van der Waals surface area contributed by atoms with Crippen molar-refractivity contribution in [1.29, 1.82) is 0 Å². The van der Waals surface area contributed by atoms with Crippen LogP contribution in [0.15, 0.2) is 36.7 Å². The van der Waals surface area contributed by atoms with E-state index in [4.69, 9.17) is 4.74 Å². The number of rotatable bonds is 5. The van der Waals surface area contributed by atoms with Gasteiger partial charge in [0.05, 0.1) is 11.7 Å². The Kier molecular flexibility index (Phi) is 5.53. The number of pyridine rings is 1. The largest absolute Gasteiger partial charge is 0.457 e. The van der Waals surface area contributed by atoms with Gasteiger partial charge in [0.2, 0.25) is 0 Å². The summed E-state index contributed by atoms with van der Waals surface area (Å²) in [4.78, 5) is 33.8. The maximum absolute atomic E-state index is 13.3. The Morgan fingerprint density at radius 2 is 1.97 bits per heavy atom. The van der Waals surface area contributed by atoms with Crippen molar-refractivity contribution in [2.75, 3.05) is 26.2 Å². The van der Waals surface area contributed by atoms with Crippen molar-refractivity contribution in [2.45, 2.75) is 44.4 Å². The van der Waals surface area contributed by atoms with Gasteiger partial charge in [0.25, 0.3) is 5.91 Å². The van der Waals surface area contributed by atoms with Crippen LogP contribution in [0.1, 0.15) is 62.9 Å². The van der Waals surface area contributed by atoms with Gasteiger partial charge in [-0.1, -0.05) is 12.1 Å². The molecule has 36 heavy (non-hydrogen) atoms. The van der Waals surface area contributed by atoms with Crippen LogP contribution in [0.4, 0.5) is 0 Å². The number of cyclic esters (lactones) is 1. The average molecular weight is 490 g/mol. The van der Waals surface area contributed by atoms with Gasteiger partial charge in [0.15, 0.2) is 5.82 Å². The fourth-order valence-electron chi connectivity index (χ4n) is 5.67. The first-order valence-corrected chi connectivity index (χ1v) is 12.2. The Morgan fingerprint density at radius 1 is 1.17 bits per heavy atom. The van der Waals surface area contributed by atoms with Crippen molar-refractivity contribution in [3.63, 3.8) is 0 Å². The molecule has 0 aliphatic carbocycles. The van der Waals surface area contributed by atoms with Crippen LogP contribution < -0.4 is 0 Å². The molecule has 1 atom stereocenters. The number of hydrogen-bond donors (Lipinski definition) is 1. The number of aromatic nitrogens is 5. The van der Waals surface area contributed by atoms with E-state index in [0.717, 1.165) is 49.0 Å². The third-order valence-corrected chi connectivity index (χ3v) is 7.94. The molecular weight excluding hydrogens is 462 g/mol. The molecule has 1 amide bonds. The molecular formula is C25H27N7O4. The van der Waals surface area contributed by atoms with Gasteiger partial charge in [-0.15, -0.1) is 5.10 Å². The second-order valence-corrected chi connectivity index (χ2v) is 9.76. The van der Waals surface area contributed by atoms with E-state index in [0.29, 0.717) is 30.2 Å². The van der Waals surface area contributed by atoms with Gasteiger partial charge < -0.3 is 19.6 Å². The minimum absolute atomic E-state index is 0.0739. The number of esters is 1. The third-order valence-electron chi connectivity index (χ3n) is 7.94. The summed E-state index contributed by atoms with van der Waals surface area (Å²) in [5.74, 6) is 0.129. The highest BCUT2D eigenvalue weighted by molar-refractivity contribution is 5.94. The van der Waals surface area contributed by atoms with Gasteiger partial charge in [0.1, 0.15) is 18.6 Å². The highest BCUT2D eigenvalue weighted by Crippen LogP contribution is 2.41. The number of amides is 1. The van der Waals surface area contributed by atoms with E-state index >= 15 is 0 Å². The van der Waals surface area contributed by atoms with E-state index in [1.807, 2.05) is 17.9 Å². The summed E-state index contributed by atoms with van der Waals surface area (Å²) in [5.41, 5.74) is 3.44. The summed E-state index contributed by atoms with van der Waals surface area (Å²) in [6, 6.07) is 8.86. The number of carbonyl (C=O) groups excluding carboxylic acids is 2. The van der Waals surface area contributed by atoms with Crippen molar-refractivity contribution in [3.05, 3.63) is 64.6 Å². The Morgan fingerprint density at radius 3 is 2.69 bits per heavy atom. The van der Waals surface area contributed by atoms with Crippen LogP contribution in [-0.4, -0.2) is 83.7 Å². The van der Waals surface area contributed by atoms with E-state index in [1.54, 1.807) is 24.3 Å². The lowest BCUT2D eigenvalue weighted by Crippen LogP contribution is -2.66. The lowest BCUT2D eigenvalue weighted by atomic mass is 9.76. The number of hydrogen-bond acceptors (Lipinski definition) is 9. The number of aliphatic hydroxyl groups excluding tert-OH is 1. The molecule has 11 heteroatoms. The first-order chi connectivity index (χ1) is 17.4. The minimum atomic E-state index is -0.655. The summed E-state index contributed by atoms with van der Waals surface area (Å²) in [5, 5.41) is 22.1. The molecule has 3 aromatic rings. The van der Waals surface area contributed by atoms with Gasteiger partial charge >= 0.3 is 5.97 Å². The van der Waals surface area contributed by atoms with Crippen molar-refractivity contribution in [1.82, 2.24) is 35.0 Å². The molecule has 2 saturated heterocycles. The highest BCUT2D eigenvalue weighted by Gasteiger charge is 2.49. The maximum atomic E-state index is 13.3. The van der Waals surface area contributed by atoms with Crippen molar-refractivity contribution in [3.8, 4) is 5.82 Å². The molecule has 0 radical (unpaired) electrons. The lowest BCUT2D eigenvalue weighted by Gasteiger charge is -2.56. The van der Waals surface area contributed by atoms with Gasteiger partial charge in [-0.3, -0.25) is 4.79 Å². The van der Waals surface area contributed by atoms with Gasteiger partial charge in [0, 0.05) is 37.3 Å². The topological polar surface area (TPSA) is 127 Å². The number of tetrazole rings is 1. The summed E-state index contributed by atoms with van der Waals surface area (Å²) >= 11 is 0. The highest BCUT2D eigenvalue weighted by atomic mass is 16.5. The van der Waals surface area contributed by atoms with Crippen LogP contribution in [-0.2, 0) is 11.3 Å². The number of β-amino-alcohol motifs (C(OH)–C–C–N with tert-alkyl or cyclic N) is 1. The van der Waals surface area contributed by atoms with Crippen molar-refractivity contribution < 1.29 is 19.4 Å². The lowest BCUT2D eigenvalue weighted by molar-refractivity contribution is -0.0443.